The van der Waals surface area contributed by atoms with Crippen molar-refractivity contribution in [3.05, 3.63) is 66.2 Å². The van der Waals surface area contributed by atoms with Gasteiger partial charge in [-0.3, -0.25) is 4.79 Å². The van der Waals surface area contributed by atoms with Crippen LogP contribution in [0.3, 0.4) is 0 Å². The van der Waals surface area contributed by atoms with E-state index in [0.29, 0.717) is 17.9 Å². The van der Waals surface area contributed by atoms with Gasteiger partial charge >= 0.3 is 0 Å². The molecule has 0 aliphatic carbocycles. The summed E-state index contributed by atoms with van der Waals surface area (Å²) in [6.45, 7) is 12.3. The Morgan fingerprint density at radius 3 is 2.40 bits per heavy atom. The molecule has 25 heavy (non-hydrogen) atoms. The van der Waals surface area contributed by atoms with E-state index in [1.165, 1.54) is 0 Å². The number of amides is 1. The first kappa shape index (κ1) is 18.6. The lowest BCUT2D eigenvalue weighted by atomic mass is 10.2. The minimum Gasteiger partial charge on any atom is -0.489 e. The van der Waals surface area contributed by atoms with E-state index < -0.39 is 0 Å². The van der Waals surface area contributed by atoms with E-state index in [-0.39, 0.29) is 5.91 Å². The topological polar surface area (TPSA) is 41.6 Å². The Labute approximate surface area is 150 Å². The monoisotopic (exact) mass is 338 g/mol. The SMILES string of the molecule is C=C(C)COc1cccc(C(=O)Nc2ccc(N(CC)CC)cc2)c1. The molecule has 4 nitrogen and oxygen atoms in total. The number of anilines is 2. The van der Waals surface area contributed by atoms with E-state index in [4.69, 9.17) is 4.74 Å². The summed E-state index contributed by atoms with van der Waals surface area (Å²) in [6.07, 6.45) is 0. The van der Waals surface area contributed by atoms with Crippen molar-refractivity contribution in [2.24, 2.45) is 0 Å². The largest absolute Gasteiger partial charge is 0.489 e. The molecule has 0 aromatic heterocycles. The van der Waals surface area contributed by atoms with E-state index in [2.05, 4.69) is 30.6 Å². The molecule has 0 radical (unpaired) electrons. The third-order valence-corrected chi connectivity index (χ3v) is 3.84. The molecule has 2 rings (SSSR count). The number of ether oxygens (including phenoxy) is 1. The second-order valence-corrected chi connectivity index (χ2v) is 5.95. The molecule has 2 aromatic carbocycles. The predicted molar refractivity (Wildman–Crippen MR) is 105 cm³/mol. The maximum Gasteiger partial charge on any atom is 0.255 e. The van der Waals surface area contributed by atoms with E-state index in [1.54, 1.807) is 12.1 Å². The Kier molecular flexibility index (Phi) is 6.63. The third kappa shape index (κ3) is 5.38. The van der Waals surface area contributed by atoms with E-state index in [1.807, 2.05) is 43.3 Å². The number of nitrogens with zero attached hydrogens (tertiary/aromatic N) is 1. The summed E-state index contributed by atoms with van der Waals surface area (Å²) in [6, 6.07) is 15.0. The quantitative estimate of drug-likeness (QED) is 0.707. The van der Waals surface area contributed by atoms with E-state index in [9.17, 15) is 4.79 Å². The average molecular weight is 338 g/mol. The Morgan fingerprint density at radius 2 is 1.80 bits per heavy atom. The minimum atomic E-state index is -0.156. The Bertz CT molecular complexity index is 719. The lowest BCUT2D eigenvalue weighted by molar-refractivity contribution is 0.102. The molecule has 132 valence electrons. The van der Waals surface area contributed by atoms with E-state index in [0.717, 1.165) is 30.0 Å². The number of hydrogen-bond donors (Lipinski definition) is 1. The van der Waals surface area contributed by atoms with Crippen LogP contribution in [0.25, 0.3) is 0 Å². The highest BCUT2D eigenvalue weighted by Gasteiger charge is 2.08. The zero-order chi connectivity index (χ0) is 18.2. The van der Waals surface area contributed by atoms with Gasteiger partial charge in [-0.1, -0.05) is 12.6 Å². The highest BCUT2D eigenvalue weighted by molar-refractivity contribution is 6.04. The van der Waals surface area contributed by atoms with Crippen LogP contribution in [-0.4, -0.2) is 25.6 Å². The van der Waals surface area contributed by atoms with Crippen LogP contribution in [-0.2, 0) is 0 Å². The van der Waals surface area contributed by atoms with Crippen LogP contribution in [0.5, 0.6) is 5.75 Å². The zero-order valence-corrected chi connectivity index (χ0v) is 15.2. The molecule has 0 bridgehead atoms. The standard InChI is InChI=1S/C21H26N2O2/c1-5-23(6-2)19-12-10-18(11-13-19)22-21(24)17-8-7-9-20(14-17)25-15-16(3)4/h7-14H,3,5-6,15H2,1-2,4H3,(H,22,24). The molecule has 0 saturated carbocycles. The summed E-state index contributed by atoms with van der Waals surface area (Å²) in [4.78, 5) is 14.7. The molecule has 0 saturated heterocycles. The van der Waals surface area contributed by atoms with Crippen LogP contribution in [0, 0.1) is 0 Å². The Morgan fingerprint density at radius 1 is 1.12 bits per heavy atom. The maximum absolute atomic E-state index is 12.4. The van der Waals surface area contributed by atoms with Crippen molar-refractivity contribution in [1.29, 1.82) is 0 Å². The molecule has 2 aromatic rings. The van der Waals surface area contributed by atoms with Gasteiger partial charge in [-0.2, -0.15) is 0 Å². The maximum atomic E-state index is 12.4. The van der Waals surface area contributed by atoms with E-state index >= 15 is 0 Å². The van der Waals surface area contributed by atoms with Gasteiger partial charge in [0.1, 0.15) is 12.4 Å². The van der Waals surface area contributed by atoms with Crippen molar-refractivity contribution in [2.45, 2.75) is 20.8 Å². The highest BCUT2D eigenvalue weighted by Crippen LogP contribution is 2.19. The van der Waals surface area contributed by atoms with Gasteiger partial charge in [-0.15, -0.1) is 0 Å². The van der Waals surface area contributed by atoms with Crippen LogP contribution < -0.4 is 15.0 Å². The van der Waals surface area contributed by atoms with Crippen LogP contribution in [0.15, 0.2) is 60.7 Å². The molecule has 0 unspecified atom stereocenters. The van der Waals surface area contributed by atoms with Crippen molar-refractivity contribution < 1.29 is 9.53 Å². The Hall–Kier alpha value is -2.75. The first-order chi connectivity index (χ1) is 12.0. The van der Waals surface area contributed by atoms with Crippen LogP contribution in [0.2, 0.25) is 0 Å². The molecular formula is C21H26N2O2. The van der Waals surface area contributed by atoms with Crippen molar-refractivity contribution in [2.75, 3.05) is 29.9 Å². The first-order valence-corrected chi connectivity index (χ1v) is 8.57. The van der Waals surface area contributed by atoms with Gasteiger partial charge in [0.25, 0.3) is 5.91 Å². The number of carbonyl (C=O) groups excluding carboxylic acids is 1. The number of nitrogens with one attached hydrogen (secondary N) is 1. The molecule has 0 aliphatic heterocycles. The molecule has 0 fully saturated rings. The average Bonchev–Trinajstić information content (AvgIpc) is 2.62. The van der Waals surface area contributed by atoms with Crippen molar-refractivity contribution in [3.63, 3.8) is 0 Å². The second kappa shape index (κ2) is 8.92. The predicted octanol–water partition coefficient (Wildman–Crippen LogP) is 4.74. The smallest absolute Gasteiger partial charge is 0.255 e. The summed E-state index contributed by atoms with van der Waals surface area (Å²) in [5.74, 6) is 0.504. The molecule has 0 heterocycles. The lowest BCUT2D eigenvalue weighted by Crippen LogP contribution is -2.21. The van der Waals surface area contributed by atoms with Gasteiger partial charge in [0.15, 0.2) is 0 Å². The second-order valence-electron chi connectivity index (χ2n) is 5.95. The van der Waals surface area contributed by atoms with Gasteiger partial charge in [-0.05, 0) is 68.8 Å². The lowest BCUT2D eigenvalue weighted by Gasteiger charge is -2.21. The number of hydrogen-bond acceptors (Lipinski definition) is 3. The van der Waals surface area contributed by atoms with Gasteiger partial charge in [0, 0.05) is 30.0 Å². The summed E-state index contributed by atoms with van der Waals surface area (Å²) < 4.78 is 5.59. The summed E-state index contributed by atoms with van der Waals surface area (Å²) in [7, 11) is 0. The summed E-state index contributed by atoms with van der Waals surface area (Å²) >= 11 is 0. The van der Waals surface area contributed by atoms with Gasteiger partial charge in [0.2, 0.25) is 0 Å². The molecule has 4 heteroatoms. The minimum absolute atomic E-state index is 0.156. The highest BCUT2D eigenvalue weighted by atomic mass is 16.5. The Balaban J connectivity index is 2.04. The van der Waals surface area contributed by atoms with Crippen LogP contribution in [0.4, 0.5) is 11.4 Å². The first-order valence-electron chi connectivity index (χ1n) is 8.57. The number of benzene rings is 2. The summed E-state index contributed by atoms with van der Waals surface area (Å²) in [5, 5.41) is 2.92. The number of carbonyl (C=O) groups is 1. The molecule has 0 atom stereocenters. The normalized spacial score (nSPS) is 10.2. The molecule has 0 aliphatic rings. The van der Waals surface area contributed by atoms with Gasteiger partial charge in [0.05, 0.1) is 0 Å². The molecular weight excluding hydrogens is 312 g/mol. The molecule has 0 spiro atoms. The molecule has 1 N–H and O–H groups in total. The fourth-order valence-corrected chi connectivity index (χ4v) is 2.48. The van der Waals surface area contributed by atoms with Crippen molar-refractivity contribution in [3.8, 4) is 5.75 Å². The van der Waals surface area contributed by atoms with Gasteiger partial charge < -0.3 is 15.0 Å². The fraction of sp³-hybridized carbons (Fsp3) is 0.286. The summed E-state index contributed by atoms with van der Waals surface area (Å²) in [5.41, 5.74) is 3.42. The van der Waals surface area contributed by atoms with Crippen molar-refractivity contribution in [1.82, 2.24) is 0 Å². The number of rotatable bonds is 8. The molecule has 1 amide bonds. The fourth-order valence-electron chi connectivity index (χ4n) is 2.48. The van der Waals surface area contributed by atoms with Crippen LogP contribution >= 0.6 is 0 Å². The van der Waals surface area contributed by atoms with Gasteiger partial charge in [-0.25, -0.2) is 0 Å². The van der Waals surface area contributed by atoms with Crippen molar-refractivity contribution >= 4 is 17.3 Å². The zero-order valence-electron chi connectivity index (χ0n) is 15.2. The third-order valence-electron chi connectivity index (χ3n) is 3.84. The van der Waals surface area contributed by atoms with Crippen LogP contribution in [0.1, 0.15) is 31.1 Å².